The Hall–Kier alpha value is -1.28. The standard InChI is InChI=1S/C6H8N6S2/c7-4-10-6(12-11-4)14-2-3-1-13-5(8)9-3/h1H,2H2,(H2,8,9)(H3,7,10,11,12). The SMILES string of the molecule is Nc1nc(SCc2csc(N)n2)n[nH]1. The maximum atomic E-state index is 5.49. The number of hydrogen-bond acceptors (Lipinski definition) is 7. The zero-order valence-electron chi connectivity index (χ0n) is 7.10. The molecule has 0 atom stereocenters. The highest BCUT2D eigenvalue weighted by Crippen LogP contribution is 2.21. The number of aromatic amines is 1. The normalized spacial score (nSPS) is 10.6. The highest BCUT2D eigenvalue weighted by atomic mass is 32.2. The van der Waals surface area contributed by atoms with Crippen molar-refractivity contribution >= 4 is 34.2 Å². The fourth-order valence-corrected chi connectivity index (χ4v) is 2.22. The second kappa shape index (κ2) is 3.84. The van der Waals surface area contributed by atoms with E-state index in [-0.39, 0.29) is 0 Å². The molecule has 2 aromatic heterocycles. The Kier molecular flexibility index (Phi) is 2.55. The van der Waals surface area contributed by atoms with Crippen molar-refractivity contribution in [3.63, 3.8) is 0 Å². The van der Waals surface area contributed by atoms with Gasteiger partial charge in [-0.3, -0.25) is 0 Å². The minimum absolute atomic E-state index is 0.324. The number of hydrogen-bond donors (Lipinski definition) is 3. The van der Waals surface area contributed by atoms with Crippen LogP contribution in [0.15, 0.2) is 10.5 Å². The van der Waals surface area contributed by atoms with Gasteiger partial charge in [0.15, 0.2) is 5.13 Å². The second-order valence-electron chi connectivity index (χ2n) is 2.47. The maximum absolute atomic E-state index is 5.49. The number of H-pyrrole nitrogens is 1. The molecule has 0 bridgehead atoms. The number of thioether (sulfide) groups is 1. The summed E-state index contributed by atoms with van der Waals surface area (Å²) in [6.45, 7) is 0. The number of nitrogens with one attached hydrogen (secondary N) is 1. The summed E-state index contributed by atoms with van der Waals surface area (Å²) in [7, 11) is 0. The van der Waals surface area contributed by atoms with Gasteiger partial charge in [0.05, 0.1) is 5.69 Å². The van der Waals surface area contributed by atoms with Crippen molar-refractivity contribution in [2.24, 2.45) is 0 Å². The molecule has 14 heavy (non-hydrogen) atoms. The van der Waals surface area contributed by atoms with E-state index < -0.39 is 0 Å². The molecule has 2 heterocycles. The molecule has 0 radical (unpaired) electrons. The van der Waals surface area contributed by atoms with Crippen LogP contribution in [-0.2, 0) is 5.75 Å². The van der Waals surface area contributed by atoms with Gasteiger partial charge in [-0.05, 0) is 0 Å². The Morgan fingerprint density at radius 2 is 2.29 bits per heavy atom. The first-order chi connectivity index (χ1) is 6.74. The van der Waals surface area contributed by atoms with E-state index in [4.69, 9.17) is 11.5 Å². The van der Waals surface area contributed by atoms with E-state index in [1.165, 1.54) is 23.1 Å². The Morgan fingerprint density at radius 1 is 1.43 bits per heavy atom. The summed E-state index contributed by atoms with van der Waals surface area (Å²) < 4.78 is 0. The molecule has 2 rings (SSSR count). The molecule has 6 nitrogen and oxygen atoms in total. The van der Waals surface area contributed by atoms with Crippen molar-refractivity contribution < 1.29 is 0 Å². The van der Waals surface area contributed by atoms with Gasteiger partial charge in [-0.25, -0.2) is 10.1 Å². The van der Waals surface area contributed by atoms with Crippen molar-refractivity contribution in [3.05, 3.63) is 11.1 Å². The first-order valence-corrected chi connectivity index (χ1v) is 5.61. The van der Waals surface area contributed by atoms with Crippen molar-refractivity contribution in [1.29, 1.82) is 0 Å². The molecular formula is C6H8N6S2. The molecule has 8 heteroatoms. The van der Waals surface area contributed by atoms with Crippen LogP contribution in [0.2, 0.25) is 0 Å². The summed E-state index contributed by atoms with van der Waals surface area (Å²) in [5.41, 5.74) is 11.8. The van der Waals surface area contributed by atoms with Gasteiger partial charge < -0.3 is 11.5 Å². The molecule has 0 fully saturated rings. The first-order valence-electron chi connectivity index (χ1n) is 3.74. The molecule has 0 aliphatic heterocycles. The zero-order chi connectivity index (χ0) is 9.97. The Labute approximate surface area is 88.1 Å². The lowest BCUT2D eigenvalue weighted by Crippen LogP contribution is -1.86. The molecule has 74 valence electrons. The Bertz CT molecular complexity index is 381. The van der Waals surface area contributed by atoms with Crippen LogP contribution in [0.4, 0.5) is 11.1 Å². The van der Waals surface area contributed by atoms with Gasteiger partial charge in [-0.15, -0.1) is 16.4 Å². The summed E-state index contributed by atoms with van der Waals surface area (Å²) >= 11 is 2.89. The van der Waals surface area contributed by atoms with E-state index in [0.717, 1.165) is 5.69 Å². The third kappa shape index (κ3) is 2.15. The van der Waals surface area contributed by atoms with E-state index in [1.807, 2.05) is 5.38 Å². The number of nitrogens with two attached hydrogens (primary N) is 2. The highest BCUT2D eigenvalue weighted by Gasteiger charge is 2.03. The largest absolute Gasteiger partial charge is 0.375 e. The number of nitrogen functional groups attached to an aromatic ring is 2. The van der Waals surface area contributed by atoms with Crippen LogP contribution in [0.1, 0.15) is 5.69 Å². The van der Waals surface area contributed by atoms with E-state index >= 15 is 0 Å². The quantitative estimate of drug-likeness (QED) is 0.668. The summed E-state index contributed by atoms with van der Waals surface area (Å²) in [6, 6.07) is 0. The van der Waals surface area contributed by atoms with Crippen molar-refractivity contribution in [2.45, 2.75) is 10.9 Å². The zero-order valence-corrected chi connectivity index (χ0v) is 8.73. The summed E-state index contributed by atoms with van der Waals surface area (Å²) in [5, 5.41) is 9.56. The van der Waals surface area contributed by atoms with Crippen LogP contribution in [0.25, 0.3) is 0 Å². The highest BCUT2D eigenvalue weighted by molar-refractivity contribution is 7.98. The molecule has 0 unspecified atom stereocenters. The van der Waals surface area contributed by atoms with Crippen LogP contribution < -0.4 is 11.5 Å². The van der Waals surface area contributed by atoms with Crippen molar-refractivity contribution in [3.8, 4) is 0 Å². The van der Waals surface area contributed by atoms with Gasteiger partial charge in [-0.1, -0.05) is 11.8 Å². The van der Waals surface area contributed by atoms with Crippen molar-refractivity contribution in [1.82, 2.24) is 20.2 Å². The van der Waals surface area contributed by atoms with E-state index in [0.29, 0.717) is 22.0 Å². The van der Waals surface area contributed by atoms with Gasteiger partial charge in [0, 0.05) is 11.1 Å². The van der Waals surface area contributed by atoms with Crippen LogP contribution >= 0.6 is 23.1 Å². The minimum atomic E-state index is 0.324. The van der Waals surface area contributed by atoms with Gasteiger partial charge in [0.25, 0.3) is 0 Å². The second-order valence-corrected chi connectivity index (χ2v) is 4.30. The smallest absolute Gasteiger partial charge is 0.216 e. The van der Waals surface area contributed by atoms with E-state index in [1.54, 1.807) is 0 Å². The molecule has 0 aromatic carbocycles. The van der Waals surface area contributed by atoms with Gasteiger partial charge in [0.2, 0.25) is 11.1 Å². The minimum Gasteiger partial charge on any atom is -0.375 e. The number of nitrogens with zero attached hydrogens (tertiary/aromatic N) is 3. The molecular weight excluding hydrogens is 220 g/mol. The molecule has 0 saturated heterocycles. The van der Waals surface area contributed by atoms with E-state index in [9.17, 15) is 0 Å². The molecule has 0 saturated carbocycles. The van der Waals surface area contributed by atoms with Crippen LogP contribution in [0, 0.1) is 0 Å². The number of aromatic nitrogens is 4. The van der Waals surface area contributed by atoms with Crippen LogP contribution in [0.5, 0.6) is 0 Å². The molecule has 0 amide bonds. The van der Waals surface area contributed by atoms with E-state index in [2.05, 4.69) is 20.2 Å². The number of rotatable bonds is 3. The molecule has 5 N–H and O–H groups in total. The maximum Gasteiger partial charge on any atom is 0.216 e. The predicted octanol–water partition coefficient (Wildman–Crippen LogP) is 0.718. The third-order valence-corrected chi connectivity index (χ3v) is 3.00. The summed E-state index contributed by atoms with van der Waals surface area (Å²) in [5.74, 6) is 1.02. The number of anilines is 2. The van der Waals surface area contributed by atoms with Crippen LogP contribution in [-0.4, -0.2) is 20.2 Å². The number of thiazole rings is 1. The molecule has 0 aliphatic carbocycles. The monoisotopic (exact) mass is 228 g/mol. The molecule has 0 aliphatic rings. The van der Waals surface area contributed by atoms with Gasteiger partial charge in [-0.2, -0.15) is 4.98 Å². The topological polar surface area (TPSA) is 106 Å². The fourth-order valence-electron chi connectivity index (χ4n) is 0.850. The van der Waals surface area contributed by atoms with Crippen molar-refractivity contribution in [2.75, 3.05) is 11.5 Å². The predicted molar refractivity (Wildman–Crippen MR) is 56.9 cm³/mol. The Morgan fingerprint density at radius 3 is 2.86 bits per heavy atom. The lowest BCUT2D eigenvalue weighted by Gasteiger charge is -1.90. The molecule has 2 aromatic rings. The lowest BCUT2D eigenvalue weighted by molar-refractivity contribution is 0.972. The van der Waals surface area contributed by atoms with Gasteiger partial charge >= 0.3 is 0 Å². The van der Waals surface area contributed by atoms with Crippen LogP contribution in [0.3, 0.4) is 0 Å². The average Bonchev–Trinajstić information content (AvgIpc) is 2.72. The first kappa shape index (κ1) is 9.28. The summed E-state index contributed by atoms with van der Waals surface area (Å²) in [6.07, 6.45) is 0. The fraction of sp³-hybridized carbons (Fsp3) is 0.167. The average molecular weight is 228 g/mol. The van der Waals surface area contributed by atoms with Gasteiger partial charge in [0.1, 0.15) is 0 Å². The summed E-state index contributed by atoms with van der Waals surface area (Å²) in [4.78, 5) is 8.06. The Balaban J connectivity index is 1.94. The molecule has 0 spiro atoms. The lowest BCUT2D eigenvalue weighted by atomic mass is 10.6. The third-order valence-electron chi connectivity index (χ3n) is 1.40.